The molecule has 6 nitrogen and oxygen atoms in total. The Balaban J connectivity index is 2.37. The van der Waals surface area contributed by atoms with Crippen molar-refractivity contribution in [3.63, 3.8) is 0 Å². The highest BCUT2D eigenvalue weighted by molar-refractivity contribution is 6.05. The Bertz CT molecular complexity index is 687. The van der Waals surface area contributed by atoms with Crippen molar-refractivity contribution < 1.29 is 14.7 Å². The van der Waals surface area contributed by atoms with E-state index in [9.17, 15) is 14.7 Å². The molecule has 6 heteroatoms. The standard InChI is InChI=1S/C15H17N3O3/c1-15(2,3)18(14(20)21)17-13(19)11-8-4-6-10-7-5-9-16-12(10)11/h4-9H,1-3H3,(H,17,19)(H,20,21). The van der Waals surface area contributed by atoms with E-state index >= 15 is 0 Å². The molecule has 0 aliphatic carbocycles. The highest BCUT2D eigenvalue weighted by Gasteiger charge is 2.28. The monoisotopic (exact) mass is 287 g/mol. The number of carbonyl (C=O) groups excluding carboxylic acids is 1. The number of hydrogen-bond donors (Lipinski definition) is 2. The molecule has 0 saturated carbocycles. The van der Waals surface area contributed by atoms with Gasteiger partial charge in [0.15, 0.2) is 0 Å². The van der Waals surface area contributed by atoms with Gasteiger partial charge in [-0.1, -0.05) is 18.2 Å². The van der Waals surface area contributed by atoms with Crippen LogP contribution in [0.2, 0.25) is 0 Å². The van der Waals surface area contributed by atoms with E-state index in [-0.39, 0.29) is 0 Å². The minimum Gasteiger partial charge on any atom is -0.464 e. The Morgan fingerprint density at radius 2 is 1.86 bits per heavy atom. The Kier molecular flexibility index (Phi) is 3.80. The highest BCUT2D eigenvalue weighted by atomic mass is 16.4. The van der Waals surface area contributed by atoms with Crippen molar-refractivity contribution in [2.75, 3.05) is 0 Å². The summed E-state index contributed by atoms with van der Waals surface area (Å²) in [7, 11) is 0. The summed E-state index contributed by atoms with van der Waals surface area (Å²) in [6, 6.07) is 8.83. The number of fused-ring (bicyclic) bond motifs is 1. The molecule has 1 heterocycles. The number of hydrogen-bond acceptors (Lipinski definition) is 3. The van der Waals surface area contributed by atoms with E-state index in [1.165, 1.54) is 0 Å². The molecule has 110 valence electrons. The summed E-state index contributed by atoms with van der Waals surface area (Å²) in [4.78, 5) is 27.8. The normalized spacial score (nSPS) is 11.2. The third kappa shape index (κ3) is 3.10. The van der Waals surface area contributed by atoms with Crippen LogP contribution in [0.3, 0.4) is 0 Å². The molecule has 21 heavy (non-hydrogen) atoms. The van der Waals surface area contributed by atoms with Gasteiger partial charge in [0, 0.05) is 11.6 Å². The van der Waals surface area contributed by atoms with Gasteiger partial charge in [0.25, 0.3) is 5.91 Å². The van der Waals surface area contributed by atoms with Crippen molar-refractivity contribution in [2.24, 2.45) is 0 Å². The molecule has 0 aliphatic heterocycles. The number of hydrazine groups is 1. The molecule has 2 N–H and O–H groups in total. The number of carbonyl (C=O) groups is 2. The molecule has 0 saturated heterocycles. The summed E-state index contributed by atoms with van der Waals surface area (Å²) < 4.78 is 0. The van der Waals surface area contributed by atoms with Crippen LogP contribution in [0, 0.1) is 0 Å². The van der Waals surface area contributed by atoms with Gasteiger partial charge < -0.3 is 5.11 Å². The van der Waals surface area contributed by atoms with E-state index in [1.807, 2.05) is 12.1 Å². The molecule has 0 atom stereocenters. The number of nitrogens with one attached hydrogen (secondary N) is 1. The predicted octanol–water partition coefficient (Wildman–Crippen LogP) is 2.66. The van der Waals surface area contributed by atoms with Crippen molar-refractivity contribution in [3.8, 4) is 0 Å². The number of aromatic nitrogens is 1. The van der Waals surface area contributed by atoms with Crippen LogP contribution in [0.1, 0.15) is 31.1 Å². The van der Waals surface area contributed by atoms with Crippen LogP contribution in [0.25, 0.3) is 10.9 Å². The minimum atomic E-state index is -1.22. The molecule has 0 aliphatic rings. The van der Waals surface area contributed by atoms with Gasteiger partial charge in [0.2, 0.25) is 0 Å². The maximum absolute atomic E-state index is 12.4. The highest BCUT2D eigenvalue weighted by Crippen LogP contribution is 2.17. The van der Waals surface area contributed by atoms with Crippen molar-refractivity contribution in [2.45, 2.75) is 26.3 Å². The summed E-state index contributed by atoms with van der Waals surface area (Å²) in [6.07, 6.45) is 0.377. The van der Waals surface area contributed by atoms with E-state index in [1.54, 1.807) is 45.2 Å². The molecule has 2 aromatic rings. The zero-order valence-electron chi connectivity index (χ0n) is 12.1. The zero-order chi connectivity index (χ0) is 15.6. The first-order chi connectivity index (χ1) is 9.80. The molecular weight excluding hydrogens is 270 g/mol. The lowest BCUT2D eigenvalue weighted by molar-refractivity contribution is 0.0498. The van der Waals surface area contributed by atoms with E-state index in [0.29, 0.717) is 11.1 Å². The van der Waals surface area contributed by atoms with Gasteiger partial charge in [-0.25, -0.2) is 9.80 Å². The van der Waals surface area contributed by atoms with Gasteiger partial charge in [-0.3, -0.25) is 15.2 Å². The molecule has 1 aromatic heterocycles. The van der Waals surface area contributed by atoms with Crippen LogP contribution in [0.5, 0.6) is 0 Å². The Hall–Kier alpha value is -2.63. The predicted molar refractivity (Wildman–Crippen MR) is 78.8 cm³/mol. The van der Waals surface area contributed by atoms with Crippen molar-refractivity contribution in [1.82, 2.24) is 15.4 Å². The Labute approximate surface area is 122 Å². The van der Waals surface area contributed by atoms with Crippen molar-refractivity contribution >= 4 is 22.9 Å². The molecule has 0 spiro atoms. The first-order valence-electron chi connectivity index (χ1n) is 6.48. The van der Waals surface area contributed by atoms with Gasteiger partial charge in [-0.15, -0.1) is 0 Å². The van der Waals surface area contributed by atoms with Crippen LogP contribution < -0.4 is 5.43 Å². The number of nitrogens with zero attached hydrogens (tertiary/aromatic N) is 2. The van der Waals surface area contributed by atoms with Crippen LogP contribution in [0.4, 0.5) is 4.79 Å². The number of pyridine rings is 1. The third-order valence-corrected chi connectivity index (χ3v) is 2.95. The van der Waals surface area contributed by atoms with Gasteiger partial charge in [-0.05, 0) is 32.9 Å². The fourth-order valence-electron chi connectivity index (χ4n) is 1.95. The van der Waals surface area contributed by atoms with Crippen molar-refractivity contribution in [1.29, 1.82) is 0 Å². The Morgan fingerprint density at radius 3 is 2.48 bits per heavy atom. The maximum Gasteiger partial charge on any atom is 0.426 e. The summed E-state index contributed by atoms with van der Waals surface area (Å²) in [6.45, 7) is 5.09. The second kappa shape index (κ2) is 5.40. The van der Waals surface area contributed by atoms with Crippen LogP contribution in [-0.2, 0) is 0 Å². The topological polar surface area (TPSA) is 82.5 Å². The molecule has 0 unspecified atom stereocenters. The van der Waals surface area contributed by atoms with E-state index in [4.69, 9.17) is 0 Å². The summed E-state index contributed by atoms with van der Waals surface area (Å²) >= 11 is 0. The molecule has 2 rings (SSSR count). The number of para-hydroxylation sites is 1. The van der Waals surface area contributed by atoms with Crippen LogP contribution in [-0.4, -0.2) is 32.6 Å². The van der Waals surface area contributed by atoms with E-state index < -0.39 is 17.5 Å². The molecular formula is C15H17N3O3. The summed E-state index contributed by atoms with van der Waals surface area (Å²) in [5.41, 5.74) is 2.54. The zero-order valence-corrected chi connectivity index (χ0v) is 12.1. The minimum absolute atomic E-state index is 0.337. The summed E-state index contributed by atoms with van der Waals surface area (Å²) in [5.74, 6) is -0.503. The lowest BCUT2D eigenvalue weighted by atomic mass is 10.1. The first-order valence-corrected chi connectivity index (χ1v) is 6.48. The third-order valence-electron chi connectivity index (χ3n) is 2.95. The molecule has 0 fully saturated rings. The molecule has 1 aromatic carbocycles. The van der Waals surface area contributed by atoms with Crippen LogP contribution in [0.15, 0.2) is 36.5 Å². The van der Waals surface area contributed by atoms with E-state index in [2.05, 4.69) is 10.4 Å². The lowest BCUT2D eigenvalue weighted by Crippen LogP contribution is -2.55. The molecule has 0 bridgehead atoms. The van der Waals surface area contributed by atoms with Gasteiger partial charge in [0.05, 0.1) is 16.6 Å². The second-order valence-corrected chi connectivity index (χ2v) is 5.61. The van der Waals surface area contributed by atoms with Gasteiger partial charge in [-0.2, -0.15) is 0 Å². The lowest BCUT2D eigenvalue weighted by Gasteiger charge is -2.32. The first kappa shape index (κ1) is 14.8. The quantitative estimate of drug-likeness (QED) is 0.790. The number of amides is 2. The molecule has 0 radical (unpaired) electrons. The fraction of sp³-hybridized carbons (Fsp3) is 0.267. The van der Waals surface area contributed by atoms with Gasteiger partial charge in [0.1, 0.15) is 0 Å². The van der Waals surface area contributed by atoms with Gasteiger partial charge >= 0.3 is 6.09 Å². The molecule has 2 amide bonds. The number of benzene rings is 1. The maximum atomic E-state index is 12.4. The average molecular weight is 287 g/mol. The number of carboxylic acid groups (broad SMARTS) is 1. The fourth-order valence-corrected chi connectivity index (χ4v) is 1.95. The SMILES string of the molecule is CC(C)(C)N(NC(=O)c1cccc2cccnc12)C(=O)O. The van der Waals surface area contributed by atoms with Crippen LogP contribution >= 0.6 is 0 Å². The largest absolute Gasteiger partial charge is 0.464 e. The van der Waals surface area contributed by atoms with E-state index in [0.717, 1.165) is 10.4 Å². The Morgan fingerprint density at radius 1 is 1.19 bits per heavy atom. The average Bonchev–Trinajstić information content (AvgIpc) is 2.42. The second-order valence-electron chi connectivity index (χ2n) is 5.61. The summed E-state index contributed by atoms with van der Waals surface area (Å²) in [5, 5.41) is 10.9. The number of rotatable bonds is 1. The van der Waals surface area contributed by atoms with Crippen molar-refractivity contribution in [3.05, 3.63) is 42.1 Å². The smallest absolute Gasteiger partial charge is 0.426 e.